The lowest BCUT2D eigenvalue weighted by Gasteiger charge is -2.30. The second-order valence-electron chi connectivity index (χ2n) is 8.49. The fourth-order valence-electron chi connectivity index (χ4n) is 4.43. The van der Waals surface area contributed by atoms with Crippen molar-refractivity contribution in [3.8, 4) is 11.4 Å². The number of aromatic amines is 1. The van der Waals surface area contributed by atoms with E-state index in [-0.39, 0.29) is 17.6 Å². The average molecular weight is 452 g/mol. The number of ether oxygens (including phenoxy) is 1. The summed E-state index contributed by atoms with van der Waals surface area (Å²) in [6.45, 7) is 3.04. The van der Waals surface area contributed by atoms with E-state index in [2.05, 4.69) is 25.4 Å². The third-order valence-electron chi connectivity index (χ3n) is 6.30. The second-order valence-corrected chi connectivity index (χ2v) is 8.49. The summed E-state index contributed by atoms with van der Waals surface area (Å²) in [6, 6.07) is 4.01. The number of H-pyrrole nitrogens is 1. The van der Waals surface area contributed by atoms with Crippen molar-refractivity contribution in [2.75, 3.05) is 13.2 Å². The minimum atomic E-state index is -0.662. The third-order valence-corrected chi connectivity index (χ3v) is 6.30. The first kappa shape index (κ1) is 21.5. The van der Waals surface area contributed by atoms with Crippen LogP contribution in [-0.4, -0.2) is 61.1 Å². The van der Waals surface area contributed by atoms with Gasteiger partial charge in [0.25, 0.3) is 5.91 Å². The van der Waals surface area contributed by atoms with Crippen LogP contribution >= 0.6 is 0 Å². The van der Waals surface area contributed by atoms with Crippen LogP contribution in [-0.2, 0) is 11.8 Å². The highest BCUT2D eigenvalue weighted by Gasteiger charge is 2.28. The van der Waals surface area contributed by atoms with Gasteiger partial charge in [0.1, 0.15) is 22.7 Å². The summed E-state index contributed by atoms with van der Waals surface area (Å²) in [5.74, 6) is -0.606. The fourth-order valence-corrected chi connectivity index (χ4v) is 4.43. The number of fused-ring (bicyclic) bond motifs is 2. The molecule has 1 aromatic carbocycles. The van der Waals surface area contributed by atoms with E-state index in [0.717, 1.165) is 18.2 Å². The van der Waals surface area contributed by atoms with Gasteiger partial charge in [-0.2, -0.15) is 5.10 Å². The van der Waals surface area contributed by atoms with E-state index in [4.69, 9.17) is 4.74 Å². The van der Waals surface area contributed by atoms with Crippen LogP contribution in [0.3, 0.4) is 0 Å². The highest BCUT2D eigenvalue weighted by Crippen LogP contribution is 2.28. The van der Waals surface area contributed by atoms with Gasteiger partial charge in [-0.1, -0.05) is 0 Å². The molecule has 0 bridgehead atoms. The van der Waals surface area contributed by atoms with Crippen molar-refractivity contribution in [1.82, 2.24) is 30.0 Å². The summed E-state index contributed by atoms with van der Waals surface area (Å²) in [7, 11) is 1.73. The van der Waals surface area contributed by atoms with E-state index in [0.29, 0.717) is 46.8 Å². The number of rotatable bonds is 5. The molecular formula is C23H25FN6O3. The number of nitrogens with zero attached hydrogens (tertiary/aromatic N) is 4. The maximum atomic E-state index is 13.7. The molecule has 0 aliphatic carbocycles. The van der Waals surface area contributed by atoms with Crippen LogP contribution in [0.2, 0.25) is 0 Å². The Morgan fingerprint density at radius 2 is 2.15 bits per heavy atom. The third kappa shape index (κ3) is 3.96. The van der Waals surface area contributed by atoms with Gasteiger partial charge >= 0.3 is 0 Å². The number of aliphatic hydroxyl groups excluding tert-OH is 1. The summed E-state index contributed by atoms with van der Waals surface area (Å²) < 4.78 is 20.6. The summed E-state index contributed by atoms with van der Waals surface area (Å²) >= 11 is 0. The molecule has 4 heterocycles. The van der Waals surface area contributed by atoms with E-state index in [1.54, 1.807) is 37.1 Å². The maximum absolute atomic E-state index is 13.7. The van der Waals surface area contributed by atoms with Crippen LogP contribution in [0.5, 0.6) is 0 Å². The van der Waals surface area contributed by atoms with Gasteiger partial charge in [0, 0.05) is 31.8 Å². The molecule has 5 rings (SSSR count). The van der Waals surface area contributed by atoms with Crippen molar-refractivity contribution in [3.05, 3.63) is 42.0 Å². The molecule has 3 aromatic heterocycles. The molecule has 0 unspecified atom stereocenters. The average Bonchev–Trinajstić information content (AvgIpc) is 3.39. The summed E-state index contributed by atoms with van der Waals surface area (Å²) in [4.78, 5) is 25.0. The quantitative estimate of drug-likeness (QED) is 0.428. The standard InChI is InChI=1S/C23H25FN6O3/c1-12(21(31)13-5-7-33-8-6-13)27-23(32)16-10-25-22-20(16)28-17(11-26-22)19-15-4-3-14(24)9-18(15)30(2)29-19/h3-4,9-13,21,31H,5-8H2,1-2H3,(H,25,26)(H,27,32)/t12-,21+/m1/s1. The minimum absolute atomic E-state index is 0.0886. The summed E-state index contributed by atoms with van der Waals surface area (Å²) in [6.07, 6.45) is 4.01. The Morgan fingerprint density at radius 1 is 1.36 bits per heavy atom. The highest BCUT2D eigenvalue weighted by atomic mass is 19.1. The SMILES string of the molecule is C[C@@H](NC(=O)c1c[nH]c2ncc(-c3nn(C)c4cc(F)ccc34)nc12)[C@H](O)C1CCOCC1. The van der Waals surface area contributed by atoms with E-state index in [1.165, 1.54) is 12.1 Å². The Kier molecular flexibility index (Phi) is 5.55. The molecule has 1 aliphatic rings. The van der Waals surface area contributed by atoms with Gasteiger partial charge < -0.3 is 20.1 Å². The number of aryl methyl sites for hydroxylation is 1. The number of benzene rings is 1. The Hall–Kier alpha value is -3.37. The molecule has 1 amide bonds. The summed E-state index contributed by atoms with van der Waals surface area (Å²) in [5, 5.41) is 18.8. The Morgan fingerprint density at radius 3 is 2.94 bits per heavy atom. The highest BCUT2D eigenvalue weighted by molar-refractivity contribution is 6.05. The lowest BCUT2D eigenvalue weighted by atomic mass is 9.90. The van der Waals surface area contributed by atoms with Crippen LogP contribution in [0.4, 0.5) is 4.39 Å². The van der Waals surface area contributed by atoms with Crippen molar-refractivity contribution in [3.63, 3.8) is 0 Å². The number of amides is 1. The van der Waals surface area contributed by atoms with Crippen molar-refractivity contribution >= 4 is 28.0 Å². The predicted octanol–water partition coefficient (Wildman–Crippen LogP) is 2.56. The number of aromatic nitrogens is 5. The molecule has 0 saturated carbocycles. The lowest BCUT2D eigenvalue weighted by molar-refractivity contribution is -0.00424. The van der Waals surface area contributed by atoms with E-state index >= 15 is 0 Å². The number of aliphatic hydroxyl groups is 1. The van der Waals surface area contributed by atoms with E-state index in [1.807, 2.05) is 0 Å². The smallest absolute Gasteiger partial charge is 0.255 e. The number of halogens is 1. The molecule has 0 radical (unpaired) electrons. The zero-order valence-corrected chi connectivity index (χ0v) is 18.4. The molecule has 33 heavy (non-hydrogen) atoms. The predicted molar refractivity (Wildman–Crippen MR) is 120 cm³/mol. The fraction of sp³-hybridized carbons (Fsp3) is 0.391. The molecule has 9 nitrogen and oxygen atoms in total. The molecule has 0 spiro atoms. The van der Waals surface area contributed by atoms with Gasteiger partial charge in [-0.3, -0.25) is 9.48 Å². The topological polar surface area (TPSA) is 118 Å². The second kappa shape index (κ2) is 8.53. The zero-order valence-electron chi connectivity index (χ0n) is 18.4. The van der Waals surface area contributed by atoms with Gasteiger partial charge in [0.2, 0.25) is 0 Å². The molecule has 3 N–H and O–H groups in total. The van der Waals surface area contributed by atoms with Crippen molar-refractivity contribution < 1.29 is 19.0 Å². The minimum Gasteiger partial charge on any atom is -0.391 e. The number of hydrogen-bond acceptors (Lipinski definition) is 6. The van der Waals surface area contributed by atoms with Crippen LogP contribution < -0.4 is 5.32 Å². The van der Waals surface area contributed by atoms with Crippen LogP contribution in [0.15, 0.2) is 30.6 Å². The van der Waals surface area contributed by atoms with Crippen molar-refractivity contribution in [2.24, 2.45) is 13.0 Å². The Balaban J connectivity index is 1.43. The first-order chi connectivity index (χ1) is 15.9. The van der Waals surface area contributed by atoms with Crippen LogP contribution in [0.25, 0.3) is 33.5 Å². The molecule has 1 aliphatic heterocycles. The number of hydrogen-bond donors (Lipinski definition) is 3. The van der Waals surface area contributed by atoms with Gasteiger partial charge in [-0.05, 0) is 43.9 Å². The van der Waals surface area contributed by atoms with Gasteiger partial charge in [-0.25, -0.2) is 14.4 Å². The van der Waals surface area contributed by atoms with E-state index < -0.39 is 12.1 Å². The Labute approximate surface area is 189 Å². The van der Waals surface area contributed by atoms with Crippen LogP contribution in [0.1, 0.15) is 30.1 Å². The number of nitrogens with one attached hydrogen (secondary N) is 2. The van der Waals surface area contributed by atoms with Gasteiger partial charge in [0.15, 0.2) is 5.65 Å². The molecule has 1 saturated heterocycles. The molecule has 1 fully saturated rings. The molecule has 4 aromatic rings. The first-order valence-electron chi connectivity index (χ1n) is 11.0. The van der Waals surface area contributed by atoms with Crippen LogP contribution in [0, 0.1) is 11.7 Å². The number of carbonyl (C=O) groups is 1. The zero-order chi connectivity index (χ0) is 23.1. The molecule has 10 heteroatoms. The first-order valence-corrected chi connectivity index (χ1v) is 11.0. The Bertz CT molecular complexity index is 1330. The largest absolute Gasteiger partial charge is 0.391 e. The lowest BCUT2D eigenvalue weighted by Crippen LogP contribution is -2.45. The normalized spacial score (nSPS) is 16.8. The van der Waals surface area contributed by atoms with E-state index in [9.17, 15) is 14.3 Å². The van der Waals surface area contributed by atoms with Crippen molar-refractivity contribution in [2.45, 2.75) is 31.9 Å². The molecular weight excluding hydrogens is 427 g/mol. The molecule has 2 atom stereocenters. The van der Waals surface area contributed by atoms with Crippen molar-refractivity contribution in [1.29, 1.82) is 0 Å². The summed E-state index contributed by atoms with van der Waals surface area (Å²) in [5.41, 5.74) is 2.86. The molecule has 172 valence electrons. The van der Waals surface area contributed by atoms with Gasteiger partial charge in [0.05, 0.1) is 29.4 Å². The monoisotopic (exact) mass is 452 g/mol. The van der Waals surface area contributed by atoms with Gasteiger partial charge in [-0.15, -0.1) is 0 Å². The maximum Gasteiger partial charge on any atom is 0.255 e. The number of carbonyl (C=O) groups excluding carboxylic acids is 1.